The van der Waals surface area contributed by atoms with E-state index in [-0.39, 0.29) is 18.7 Å². The minimum atomic E-state index is -1.09. The average molecular weight is 451 g/mol. The van der Waals surface area contributed by atoms with Crippen LogP contribution in [0.25, 0.3) is 0 Å². The predicted octanol–water partition coefficient (Wildman–Crippen LogP) is 3.26. The van der Waals surface area contributed by atoms with Crippen LogP contribution in [0.4, 0.5) is 10.5 Å². The molecule has 0 aliphatic rings. The lowest BCUT2D eigenvalue weighted by molar-refractivity contribution is -0.137. The van der Waals surface area contributed by atoms with Crippen LogP contribution in [0.15, 0.2) is 65.6 Å². The van der Waals surface area contributed by atoms with Crippen molar-refractivity contribution in [2.45, 2.75) is 25.9 Å². The van der Waals surface area contributed by atoms with Gasteiger partial charge in [0.15, 0.2) is 5.69 Å². The second-order valence-electron chi connectivity index (χ2n) is 7.52. The predicted molar refractivity (Wildman–Crippen MR) is 123 cm³/mol. The highest BCUT2D eigenvalue weighted by Crippen LogP contribution is 2.21. The molecule has 2 amide bonds. The van der Waals surface area contributed by atoms with Gasteiger partial charge in [0.1, 0.15) is 11.5 Å². The van der Waals surface area contributed by atoms with Gasteiger partial charge in [-0.2, -0.15) is 0 Å². The van der Waals surface area contributed by atoms with Crippen LogP contribution >= 0.6 is 0 Å². The fraction of sp³-hybridized carbons (Fsp3) is 0.208. The molecule has 0 unspecified atom stereocenters. The Morgan fingerprint density at radius 2 is 1.85 bits per heavy atom. The number of carboxylic acid groups (broad SMARTS) is 1. The summed E-state index contributed by atoms with van der Waals surface area (Å²) < 4.78 is 6.52. The van der Waals surface area contributed by atoms with Crippen molar-refractivity contribution in [3.63, 3.8) is 0 Å². The van der Waals surface area contributed by atoms with E-state index >= 15 is 0 Å². The molecule has 1 heterocycles. The third-order valence-corrected chi connectivity index (χ3v) is 5.03. The van der Waals surface area contributed by atoms with E-state index in [1.54, 1.807) is 37.4 Å². The Morgan fingerprint density at radius 1 is 1.12 bits per heavy atom. The molecule has 4 N–H and O–H groups in total. The number of carbonyl (C=O) groups is 2. The van der Waals surface area contributed by atoms with Crippen LogP contribution in [-0.2, 0) is 11.3 Å². The first-order valence-corrected chi connectivity index (χ1v) is 10.2. The smallest absolute Gasteiger partial charge is 0.319 e. The van der Waals surface area contributed by atoms with Gasteiger partial charge in [-0.25, -0.2) is 4.79 Å². The Kier molecular flexibility index (Phi) is 7.34. The van der Waals surface area contributed by atoms with Crippen molar-refractivity contribution in [1.29, 1.82) is 0 Å². The van der Waals surface area contributed by atoms with Crippen molar-refractivity contribution in [3.8, 4) is 11.5 Å². The van der Waals surface area contributed by atoms with Gasteiger partial charge in [-0.3, -0.25) is 9.59 Å². The molecule has 33 heavy (non-hydrogen) atoms. The zero-order valence-electron chi connectivity index (χ0n) is 18.2. The van der Waals surface area contributed by atoms with E-state index in [4.69, 9.17) is 4.74 Å². The Morgan fingerprint density at radius 3 is 2.52 bits per heavy atom. The van der Waals surface area contributed by atoms with Crippen molar-refractivity contribution in [2.75, 3.05) is 12.4 Å². The Bertz CT molecular complexity index is 1200. The molecule has 0 saturated heterocycles. The largest absolute Gasteiger partial charge is 0.505 e. The van der Waals surface area contributed by atoms with Gasteiger partial charge in [0.05, 0.1) is 26.1 Å². The van der Waals surface area contributed by atoms with Crippen molar-refractivity contribution in [3.05, 3.63) is 87.8 Å². The summed E-state index contributed by atoms with van der Waals surface area (Å²) in [5, 5.41) is 24.3. The van der Waals surface area contributed by atoms with Crippen LogP contribution in [0.3, 0.4) is 0 Å². The summed E-state index contributed by atoms with van der Waals surface area (Å²) in [5.41, 5.74) is 1.46. The molecule has 1 atom stereocenters. The third-order valence-electron chi connectivity index (χ3n) is 5.03. The van der Waals surface area contributed by atoms with E-state index in [1.807, 2.05) is 25.1 Å². The zero-order chi connectivity index (χ0) is 24.0. The molecule has 0 spiro atoms. The van der Waals surface area contributed by atoms with Crippen LogP contribution in [0.1, 0.15) is 29.2 Å². The van der Waals surface area contributed by atoms with E-state index in [2.05, 4.69) is 10.6 Å². The van der Waals surface area contributed by atoms with Gasteiger partial charge in [-0.1, -0.05) is 42.0 Å². The number of anilines is 1. The first kappa shape index (κ1) is 23.4. The number of ether oxygens (including phenoxy) is 1. The fourth-order valence-corrected chi connectivity index (χ4v) is 3.31. The van der Waals surface area contributed by atoms with Gasteiger partial charge in [0.2, 0.25) is 0 Å². The van der Waals surface area contributed by atoms with Crippen LogP contribution < -0.4 is 20.9 Å². The highest BCUT2D eigenvalue weighted by Gasteiger charge is 2.20. The lowest BCUT2D eigenvalue weighted by Crippen LogP contribution is -2.36. The number of rotatable bonds is 8. The number of urea groups is 1. The van der Waals surface area contributed by atoms with Crippen molar-refractivity contribution < 1.29 is 24.5 Å². The number of pyridine rings is 1. The molecule has 0 aliphatic heterocycles. The van der Waals surface area contributed by atoms with Gasteiger partial charge < -0.3 is 30.2 Å². The van der Waals surface area contributed by atoms with Gasteiger partial charge >= 0.3 is 12.0 Å². The lowest BCUT2D eigenvalue weighted by atomic mass is 10.0. The number of nitrogens with zero attached hydrogens (tertiary/aromatic N) is 1. The molecule has 172 valence electrons. The number of aliphatic carboxylic acids is 1. The van der Waals surface area contributed by atoms with Crippen molar-refractivity contribution in [2.24, 2.45) is 0 Å². The average Bonchev–Trinajstić information content (AvgIpc) is 2.78. The number of carbonyl (C=O) groups excluding carboxylic acids is 1. The quantitative estimate of drug-likeness (QED) is 0.416. The van der Waals surface area contributed by atoms with E-state index < -0.39 is 29.4 Å². The highest BCUT2D eigenvalue weighted by molar-refractivity contribution is 5.91. The van der Waals surface area contributed by atoms with Crippen LogP contribution in [0.5, 0.6) is 11.5 Å². The van der Waals surface area contributed by atoms with Crippen LogP contribution in [0, 0.1) is 6.92 Å². The number of hydrogen-bond donors (Lipinski definition) is 4. The molecular formula is C24H25N3O6. The molecule has 2 aromatic carbocycles. The van der Waals surface area contributed by atoms with Gasteiger partial charge in [0.25, 0.3) is 5.56 Å². The van der Waals surface area contributed by atoms with Crippen LogP contribution in [-0.4, -0.2) is 33.9 Å². The van der Waals surface area contributed by atoms with Crippen LogP contribution in [0.2, 0.25) is 0 Å². The molecule has 3 rings (SSSR count). The number of aryl methyl sites for hydroxylation is 1. The third kappa shape index (κ3) is 6.13. The summed E-state index contributed by atoms with van der Waals surface area (Å²) in [6, 6.07) is 13.9. The zero-order valence-corrected chi connectivity index (χ0v) is 18.2. The SMILES string of the molecule is COc1cccc(Cn2ccc(O)c(NC(=O)N[C@@H](CC(=O)O)c3ccc(C)cc3)c2=O)c1. The summed E-state index contributed by atoms with van der Waals surface area (Å²) in [6.45, 7) is 2.09. The number of methoxy groups -OCH3 is 1. The number of aromatic nitrogens is 1. The van der Waals surface area contributed by atoms with Gasteiger partial charge in [-0.15, -0.1) is 0 Å². The molecule has 9 nitrogen and oxygen atoms in total. The molecule has 0 radical (unpaired) electrons. The number of carboxylic acids is 1. The second-order valence-corrected chi connectivity index (χ2v) is 7.52. The summed E-state index contributed by atoms with van der Waals surface area (Å²) in [6.07, 6.45) is 1.07. The molecular weight excluding hydrogens is 426 g/mol. The summed E-state index contributed by atoms with van der Waals surface area (Å²) >= 11 is 0. The summed E-state index contributed by atoms with van der Waals surface area (Å²) in [7, 11) is 1.54. The second kappa shape index (κ2) is 10.4. The Hall–Kier alpha value is -4.27. The summed E-state index contributed by atoms with van der Waals surface area (Å²) in [4.78, 5) is 36.8. The minimum absolute atomic E-state index is 0.192. The molecule has 1 aromatic heterocycles. The van der Waals surface area contributed by atoms with Gasteiger partial charge in [-0.05, 0) is 36.2 Å². The molecule has 3 aromatic rings. The first-order valence-electron chi connectivity index (χ1n) is 10.2. The topological polar surface area (TPSA) is 130 Å². The standard InChI is InChI=1S/C24H25N3O6/c1-15-6-8-17(9-7-15)19(13-21(29)30)25-24(32)26-22-20(28)10-11-27(23(22)31)14-16-4-3-5-18(12-16)33-2/h3-12,19,28H,13-14H2,1-2H3,(H,29,30)(H2,25,26,32)/t19-/m0/s1. The maximum absolute atomic E-state index is 12.9. The minimum Gasteiger partial charge on any atom is -0.505 e. The molecule has 0 fully saturated rings. The monoisotopic (exact) mass is 451 g/mol. The van der Waals surface area contributed by atoms with E-state index in [9.17, 15) is 24.6 Å². The number of hydrogen-bond acceptors (Lipinski definition) is 5. The fourth-order valence-electron chi connectivity index (χ4n) is 3.31. The van der Waals surface area contributed by atoms with E-state index in [0.29, 0.717) is 11.3 Å². The normalized spacial score (nSPS) is 11.5. The summed E-state index contributed by atoms with van der Waals surface area (Å²) in [5.74, 6) is -0.858. The molecule has 0 saturated carbocycles. The van der Waals surface area contributed by atoms with Gasteiger partial charge in [0, 0.05) is 6.20 Å². The lowest BCUT2D eigenvalue weighted by Gasteiger charge is -2.18. The molecule has 9 heteroatoms. The Labute approximate surface area is 190 Å². The van der Waals surface area contributed by atoms with Crippen molar-refractivity contribution in [1.82, 2.24) is 9.88 Å². The maximum Gasteiger partial charge on any atom is 0.319 e. The Balaban J connectivity index is 1.80. The first-order chi connectivity index (χ1) is 15.8. The highest BCUT2D eigenvalue weighted by atomic mass is 16.5. The number of amides is 2. The molecule has 0 bridgehead atoms. The number of nitrogens with one attached hydrogen (secondary N) is 2. The maximum atomic E-state index is 12.9. The van der Waals surface area contributed by atoms with E-state index in [1.165, 1.54) is 16.8 Å². The number of benzene rings is 2. The number of aromatic hydroxyl groups is 1. The van der Waals surface area contributed by atoms with Crippen molar-refractivity contribution >= 4 is 17.7 Å². The van der Waals surface area contributed by atoms with E-state index in [0.717, 1.165) is 11.1 Å². The molecule has 0 aliphatic carbocycles.